The largest absolute Gasteiger partial charge is 0.323 e. The van der Waals surface area contributed by atoms with Gasteiger partial charge in [0.15, 0.2) is 5.78 Å². The van der Waals surface area contributed by atoms with E-state index in [2.05, 4.69) is 21.2 Å². The standard InChI is InChI=1S/C10H9BrClNO2/c1-6(14)7-3-2-4-8(12)10(7)13-9(15)5-11/h2-4H,5H2,1H3,(H,13,15). The van der Waals surface area contributed by atoms with Crippen molar-refractivity contribution in [3.8, 4) is 0 Å². The highest BCUT2D eigenvalue weighted by Gasteiger charge is 2.12. The molecule has 0 fully saturated rings. The van der Waals surface area contributed by atoms with E-state index in [0.29, 0.717) is 16.3 Å². The number of hydrogen-bond donors (Lipinski definition) is 1. The molecule has 0 aliphatic heterocycles. The van der Waals surface area contributed by atoms with Gasteiger partial charge in [-0.25, -0.2) is 0 Å². The van der Waals surface area contributed by atoms with E-state index in [0.717, 1.165) is 0 Å². The van der Waals surface area contributed by atoms with Gasteiger partial charge in [-0.3, -0.25) is 9.59 Å². The lowest BCUT2D eigenvalue weighted by molar-refractivity contribution is -0.113. The molecule has 1 rings (SSSR count). The maximum Gasteiger partial charge on any atom is 0.235 e. The number of carbonyl (C=O) groups is 2. The second kappa shape index (κ2) is 5.28. The molecular weight excluding hydrogens is 281 g/mol. The first-order valence-corrected chi connectivity index (χ1v) is 5.71. The average molecular weight is 291 g/mol. The fourth-order valence-electron chi connectivity index (χ4n) is 1.12. The number of Topliss-reactive ketones (excluding diaryl/α,β-unsaturated/α-hetero) is 1. The first kappa shape index (κ1) is 12.2. The minimum atomic E-state index is -0.245. The van der Waals surface area contributed by atoms with Crippen molar-refractivity contribution in [2.75, 3.05) is 10.6 Å². The molecule has 1 N–H and O–H groups in total. The summed E-state index contributed by atoms with van der Waals surface area (Å²) < 4.78 is 0. The van der Waals surface area contributed by atoms with E-state index in [9.17, 15) is 9.59 Å². The zero-order chi connectivity index (χ0) is 11.4. The van der Waals surface area contributed by atoms with Gasteiger partial charge in [0, 0.05) is 5.56 Å². The lowest BCUT2D eigenvalue weighted by Crippen LogP contribution is -2.15. The Hall–Kier alpha value is -0.870. The molecule has 0 heterocycles. The number of amides is 1. The first-order chi connectivity index (χ1) is 7.06. The van der Waals surface area contributed by atoms with Crippen LogP contribution in [0.5, 0.6) is 0 Å². The van der Waals surface area contributed by atoms with Gasteiger partial charge in [-0.2, -0.15) is 0 Å². The van der Waals surface area contributed by atoms with Gasteiger partial charge in [0.1, 0.15) is 0 Å². The second-order valence-corrected chi connectivity index (χ2v) is 3.87. The summed E-state index contributed by atoms with van der Waals surface area (Å²) in [5.74, 6) is -0.382. The summed E-state index contributed by atoms with van der Waals surface area (Å²) in [6.07, 6.45) is 0. The maximum atomic E-state index is 11.3. The van der Waals surface area contributed by atoms with Gasteiger partial charge < -0.3 is 5.32 Å². The van der Waals surface area contributed by atoms with Crippen molar-refractivity contribution < 1.29 is 9.59 Å². The van der Waals surface area contributed by atoms with E-state index < -0.39 is 0 Å². The Morgan fingerprint density at radius 3 is 2.67 bits per heavy atom. The highest BCUT2D eigenvalue weighted by Crippen LogP contribution is 2.26. The van der Waals surface area contributed by atoms with Crippen LogP contribution in [0.15, 0.2) is 18.2 Å². The monoisotopic (exact) mass is 289 g/mol. The Morgan fingerprint density at radius 1 is 1.47 bits per heavy atom. The zero-order valence-electron chi connectivity index (χ0n) is 8.01. The summed E-state index contributed by atoms with van der Waals surface area (Å²) in [6.45, 7) is 1.43. The van der Waals surface area contributed by atoms with Crippen LogP contribution in [-0.2, 0) is 4.79 Å². The predicted molar refractivity (Wildman–Crippen MR) is 63.9 cm³/mol. The minimum Gasteiger partial charge on any atom is -0.323 e. The van der Waals surface area contributed by atoms with Crippen molar-refractivity contribution in [2.45, 2.75) is 6.92 Å². The van der Waals surface area contributed by atoms with Crippen molar-refractivity contribution in [3.05, 3.63) is 28.8 Å². The van der Waals surface area contributed by atoms with Crippen LogP contribution in [-0.4, -0.2) is 17.0 Å². The Morgan fingerprint density at radius 2 is 2.13 bits per heavy atom. The van der Waals surface area contributed by atoms with Gasteiger partial charge in [0.05, 0.1) is 16.0 Å². The predicted octanol–water partition coefficient (Wildman–Crippen LogP) is 2.88. The summed E-state index contributed by atoms with van der Waals surface area (Å²) in [6, 6.07) is 4.92. The van der Waals surface area contributed by atoms with E-state index in [-0.39, 0.29) is 17.0 Å². The average Bonchev–Trinajstić information content (AvgIpc) is 2.20. The molecule has 0 aliphatic carbocycles. The van der Waals surface area contributed by atoms with Gasteiger partial charge in [-0.05, 0) is 19.1 Å². The molecule has 0 aromatic heterocycles. The Bertz CT molecular complexity index is 406. The van der Waals surface area contributed by atoms with E-state index in [1.165, 1.54) is 6.92 Å². The fraction of sp³-hybridized carbons (Fsp3) is 0.200. The topological polar surface area (TPSA) is 46.2 Å². The number of halogens is 2. The van der Waals surface area contributed by atoms with Crippen LogP contribution < -0.4 is 5.32 Å². The maximum absolute atomic E-state index is 11.3. The number of hydrogen-bond acceptors (Lipinski definition) is 2. The molecule has 80 valence electrons. The molecule has 0 unspecified atom stereocenters. The van der Waals surface area contributed by atoms with Crippen LogP contribution in [0, 0.1) is 0 Å². The zero-order valence-corrected chi connectivity index (χ0v) is 10.4. The van der Waals surface area contributed by atoms with Gasteiger partial charge in [0.25, 0.3) is 0 Å². The molecule has 1 aromatic carbocycles. The molecule has 5 heteroatoms. The van der Waals surface area contributed by atoms with Gasteiger partial charge in [-0.1, -0.05) is 33.6 Å². The third kappa shape index (κ3) is 3.04. The minimum absolute atomic E-state index is 0.137. The number of carbonyl (C=O) groups excluding carboxylic acids is 2. The molecule has 0 atom stereocenters. The molecule has 0 radical (unpaired) electrons. The normalized spacial score (nSPS) is 9.80. The van der Waals surface area contributed by atoms with E-state index in [4.69, 9.17) is 11.6 Å². The van der Waals surface area contributed by atoms with Crippen LogP contribution in [0.2, 0.25) is 5.02 Å². The van der Waals surface area contributed by atoms with Crippen molar-refractivity contribution >= 4 is 44.9 Å². The molecule has 0 saturated carbocycles. The number of alkyl halides is 1. The van der Waals surface area contributed by atoms with Crippen LogP contribution >= 0.6 is 27.5 Å². The molecule has 1 aromatic rings. The molecular formula is C10H9BrClNO2. The van der Waals surface area contributed by atoms with Gasteiger partial charge in [-0.15, -0.1) is 0 Å². The number of ketones is 1. The first-order valence-electron chi connectivity index (χ1n) is 4.21. The number of nitrogens with one attached hydrogen (secondary N) is 1. The molecule has 0 bridgehead atoms. The van der Waals surface area contributed by atoms with Gasteiger partial charge in [0.2, 0.25) is 5.91 Å². The number of anilines is 1. The van der Waals surface area contributed by atoms with Crippen LogP contribution in [0.1, 0.15) is 17.3 Å². The molecule has 0 spiro atoms. The summed E-state index contributed by atoms with van der Waals surface area (Å²) in [4.78, 5) is 22.4. The van der Waals surface area contributed by atoms with E-state index >= 15 is 0 Å². The van der Waals surface area contributed by atoms with Crippen LogP contribution in [0.25, 0.3) is 0 Å². The summed E-state index contributed by atoms with van der Waals surface area (Å²) in [5.41, 5.74) is 0.785. The quantitative estimate of drug-likeness (QED) is 0.687. The van der Waals surface area contributed by atoms with Crippen molar-refractivity contribution in [1.29, 1.82) is 0 Å². The molecule has 3 nitrogen and oxygen atoms in total. The Labute approximate surface area is 101 Å². The van der Waals surface area contributed by atoms with Crippen LogP contribution in [0.3, 0.4) is 0 Å². The summed E-state index contributed by atoms with van der Waals surface area (Å²) in [7, 11) is 0. The molecule has 15 heavy (non-hydrogen) atoms. The highest BCUT2D eigenvalue weighted by atomic mass is 79.9. The summed E-state index contributed by atoms with van der Waals surface area (Å²) >= 11 is 8.91. The fourth-order valence-corrected chi connectivity index (χ4v) is 1.48. The van der Waals surface area contributed by atoms with E-state index in [1.54, 1.807) is 18.2 Å². The Kier molecular flexibility index (Phi) is 4.29. The third-order valence-corrected chi connectivity index (χ3v) is 2.60. The Balaban J connectivity index is 3.13. The number of rotatable bonds is 3. The summed E-state index contributed by atoms with van der Waals surface area (Å²) in [5, 5.41) is 3.09. The second-order valence-electron chi connectivity index (χ2n) is 2.90. The SMILES string of the molecule is CC(=O)c1cccc(Cl)c1NC(=O)CBr. The highest BCUT2D eigenvalue weighted by molar-refractivity contribution is 9.09. The number of para-hydroxylation sites is 1. The van der Waals surface area contributed by atoms with E-state index in [1.807, 2.05) is 0 Å². The van der Waals surface area contributed by atoms with Gasteiger partial charge >= 0.3 is 0 Å². The molecule has 0 aliphatic rings. The third-order valence-electron chi connectivity index (χ3n) is 1.78. The van der Waals surface area contributed by atoms with Crippen molar-refractivity contribution in [2.24, 2.45) is 0 Å². The lowest BCUT2D eigenvalue weighted by atomic mass is 10.1. The van der Waals surface area contributed by atoms with Crippen LogP contribution in [0.4, 0.5) is 5.69 Å². The van der Waals surface area contributed by atoms with Crippen molar-refractivity contribution in [1.82, 2.24) is 0 Å². The number of benzene rings is 1. The molecule has 1 amide bonds. The molecule has 0 saturated heterocycles. The lowest BCUT2D eigenvalue weighted by Gasteiger charge is -2.09. The van der Waals surface area contributed by atoms with Crippen molar-refractivity contribution in [3.63, 3.8) is 0 Å². The smallest absolute Gasteiger partial charge is 0.235 e.